The van der Waals surface area contributed by atoms with Crippen molar-refractivity contribution in [2.75, 3.05) is 0 Å². The Morgan fingerprint density at radius 1 is 1.43 bits per heavy atom. The van der Waals surface area contributed by atoms with Crippen molar-refractivity contribution in [3.63, 3.8) is 0 Å². The van der Waals surface area contributed by atoms with Crippen LogP contribution in [0.25, 0.3) is 0 Å². The van der Waals surface area contributed by atoms with E-state index in [0.29, 0.717) is 19.3 Å². The maximum Gasteiger partial charge on any atom is 0.306 e. The van der Waals surface area contributed by atoms with E-state index in [-0.39, 0.29) is 18.1 Å². The van der Waals surface area contributed by atoms with Crippen molar-refractivity contribution in [3.05, 3.63) is 0 Å². The van der Waals surface area contributed by atoms with Crippen LogP contribution in [-0.4, -0.2) is 29.2 Å². The summed E-state index contributed by atoms with van der Waals surface area (Å²) in [4.78, 5) is 21.3. The van der Waals surface area contributed by atoms with E-state index in [9.17, 15) is 9.59 Å². The molecule has 0 aromatic rings. The van der Waals surface area contributed by atoms with Gasteiger partial charge in [0.15, 0.2) is 0 Å². The summed E-state index contributed by atoms with van der Waals surface area (Å²) in [6.45, 7) is 1.33. The highest BCUT2D eigenvalue weighted by molar-refractivity contribution is 5.70. The molecule has 0 saturated heterocycles. The number of carboxylic acid groups (broad SMARTS) is 1. The van der Waals surface area contributed by atoms with Gasteiger partial charge in [0.25, 0.3) is 0 Å². The second-order valence-electron chi connectivity index (χ2n) is 3.66. The third-order valence-electron chi connectivity index (χ3n) is 2.50. The summed E-state index contributed by atoms with van der Waals surface area (Å²) >= 11 is 0. The lowest BCUT2D eigenvalue weighted by atomic mass is 9.84. The van der Waals surface area contributed by atoms with Crippen molar-refractivity contribution in [1.29, 1.82) is 0 Å². The molecular weight excluding hydrogens is 186 g/mol. The second kappa shape index (κ2) is 4.41. The van der Waals surface area contributed by atoms with E-state index in [1.54, 1.807) is 0 Å². The van der Waals surface area contributed by atoms with Crippen molar-refractivity contribution in [2.45, 2.75) is 38.3 Å². The Hall–Kier alpha value is -1.10. The van der Waals surface area contributed by atoms with Gasteiger partial charge in [-0.1, -0.05) is 0 Å². The molecule has 0 aromatic carbocycles. The molecule has 1 saturated carbocycles. The Morgan fingerprint density at radius 2 is 2.07 bits per heavy atom. The third kappa shape index (κ3) is 2.70. The van der Waals surface area contributed by atoms with Gasteiger partial charge >= 0.3 is 11.9 Å². The average Bonchev–Trinajstić information content (AvgIpc) is 2.07. The van der Waals surface area contributed by atoms with Crippen molar-refractivity contribution >= 4 is 11.9 Å². The number of carbonyl (C=O) groups is 2. The lowest BCUT2D eigenvalue weighted by molar-refractivity contribution is -0.151. The fraction of sp³-hybridized carbons (Fsp3) is 0.778. The number of rotatable bonds is 2. The van der Waals surface area contributed by atoms with Crippen LogP contribution in [0.3, 0.4) is 0 Å². The van der Waals surface area contributed by atoms with Crippen molar-refractivity contribution in [3.8, 4) is 0 Å². The number of esters is 1. The molecule has 1 aliphatic carbocycles. The Bertz CT molecular complexity index is 241. The predicted octanol–water partition coefficient (Wildman–Crippen LogP) is 0.130. The quantitative estimate of drug-likeness (QED) is 0.620. The van der Waals surface area contributed by atoms with E-state index in [1.807, 2.05) is 0 Å². The third-order valence-corrected chi connectivity index (χ3v) is 2.50. The molecule has 5 nitrogen and oxygen atoms in total. The molecule has 0 aromatic heterocycles. The fourth-order valence-electron chi connectivity index (χ4n) is 1.76. The van der Waals surface area contributed by atoms with Crippen LogP contribution in [0.5, 0.6) is 0 Å². The molecular formula is C9H15NO4. The SMILES string of the molecule is CC(=O)OC1CCC(C(=O)O)CC1N. The highest BCUT2D eigenvalue weighted by atomic mass is 16.5. The first-order chi connectivity index (χ1) is 6.50. The van der Waals surface area contributed by atoms with Gasteiger partial charge in [0.2, 0.25) is 0 Å². The van der Waals surface area contributed by atoms with Gasteiger partial charge in [-0.15, -0.1) is 0 Å². The molecule has 80 valence electrons. The van der Waals surface area contributed by atoms with Gasteiger partial charge in [-0.25, -0.2) is 0 Å². The highest BCUT2D eigenvalue weighted by Gasteiger charge is 2.33. The minimum absolute atomic E-state index is 0.317. The molecule has 14 heavy (non-hydrogen) atoms. The first-order valence-corrected chi connectivity index (χ1v) is 4.66. The van der Waals surface area contributed by atoms with Gasteiger partial charge in [0.1, 0.15) is 6.10 Å². The second-order valence-corrected chi connectivity index (χ2v) is 3.66. The average molecular weight is 201 g/mol. The normalized spacial score (nSPS) is 32.3. The largest absolute Gasteiger partial charge is 0.481 e. The molecule has 1 rings (SSSR count). The molecule has 3 unspecified atom stereocenters. The maximum atomic E-state index is 10.7. The first kappa shape index (κ1) is 11.0. The number of hydrogen-bond donors (Lipinski definition) is 2. The molecule has 0 heterocycles. The lowest BCUT2D eigenvalue weighted by Gasteiger charge is -2.31. The summed E-state index contributed by atoms with van der Waals surface area (Å²) in [5.74, 6) is -1.57. The Kier molecular flexibility index (Phi) is 3.46. The van der Waals surface area contributed by atoms with E-state index in [4.69, 9.17) is 15.6 Å². The molecule has 0 spiro atoms. The minimum atomic E-state index is -0.818. The zero-order valence-electron chi connectivity index (χ0n) is 8.10. The molecule has 0 amide bonds. The summed E-state index contributed by atoms with van der Waals surface area (Å²) in [5.41, 5.74) is 5.71. The first-order valence-electron chi connectivity index (χ1n) is 4.66. The lowest BCUT2D eigenvalue weighted by Crippen LogP contribution is -2.44. The van der Waals surface area contributed by atoms with Gasteiger partial charge in [0, 0.05) is 13.0 Å². The van der Waals surface area contributed by atoms with Gasteiger partial charge in [-0.3, -0.25) is 9.59 Å². The smallest absolute Gasteiger partial charge is 0.306 e. The molecule has 0 bridgehead atoms. The number of hydrogen-bond acceptors (Lipinski definition) is 4. The Morgan fingerprint density at radius 3 is 2.50 bits per heavy atom. The van der Waals surface area contributed by atoms with Crippen LogP contribution < -0.4 is 5.73 Å². The fourth-order valence-corrected chi connectivity index (χ4v) is 1.76. The zero-order chi connectivity index (χ0) is 10.7. The van der Waals surface area contributed by atoms with Crippen molar-refractivity contribution in [2.24, 2.45) is 11.7 Å². The van der Waals surface area contributed by atoms with Gasteiger partial charge in [0.05, 0.1) is 5.92 Å². The van der Waals surface area contributed by atoms with Crippen molar-refractivity contribution in [1.82, 2.24) is 0 Å². The molecule has 0 aliphatic heterocycles. The summed E-state index contributed by atoms with van der Waals surface area (Å²) < 4.78 is 4.97. The van der Waals surface area contributed by atoms with E-state index < -0.39 is 11.9 Å². The van der Waals surface area contributed by atoms with E-state index in [2.05, 4.69) is 0 Å². The highest BCUT2D eigenvalue weighted by Crippen LogP contribution is 2.25. The molecule has 1 aliphatic rings. The number of carbonyl (C=O) groups excluding carboxylic acids is 1. The van der Waals surface area contributed by atoms with Gasteiger partial charge in [-0.2, -0.15) is 0 Å². The molecule has 1 fully saturated rings. The van der Waals surface area contributed by atoms with Crippen LogP contribution in [0.2, 0.25) is 0 Å². The number of nitrogens with two attached hydrogens (primary N) is 1. The predicted molar refractivity (Wildman–Crippen MR) is 48.5 cm³/mol. The summed E-state index contributed by atoms with van der Waals surface area (Å²) in [6, 6.07) is -0.353. The zero-order valence-corrected chi connectivity index (χ0v) is 8.10. The summed E-state index contributed by atoms with van der Waals surface area (Å²) in [7, 11) is 0. The van der Waals surface area contributed by atoms with E-state index in [0.717, 1.165) is 0 Å². The molecule has 5 heteroatoms. The van der Waals surface area contributed by atoms with Crippen LogP contribution in [0.15, 0.2) is 0 Å². The van der Waals surface area contributed by atoms with E-state index >= 15 is 0 Å². The molecule has 3 N–H and O–H groups in total. The Labute approximate surface area is 82.2 Å². The number of aliphatic carboxylic acids is 1. The van der Waals surface area contributed by atoms with Crippen LogP contribution in [0.4, 0.5) is 0 Å². The number of carboxylic acids is 1. The summed E-state index contributed by atoms with van der Waals surface area (Å²) in [6.07, 6.45) is 1.13. The van der Waals surface area contributed by atoms with Crippen LogP contribution in [-0.2, 0) is 14.3 Å². The van der Waals surface area contributed by atoms with Gasteiger partial charge < -0.3 is 15.6 Å². The Balaban J connectivity index is 2.47. The molecule has 3 atom stereocenters. The van der Waals surface area contributed by atoms with Crippen molar-refractivity contribution < 1.29 is 19.4 Å². The maximum absolute atomic E-state index is 10.7. The van der Waals surface area contributed by atoms with Crippen LogP contribution >= 0.6 is 0 Å². The minimum Gasteiger partial charge on any atom is -0.481 e. The van der Waals surface area contributed by atoms with Gasteiger partial charge in [-0.05, 0) is 19.3 Å². The van der Waals surface area contributed by atoms with Crippen LogP contribution in [0, 0.1) is 5.92 Å². The standard InChI is InChI=1S/C9H15NO4/c1-5(11)14-8-3-2-6(9(12)13)4-7(8)10/h6-8H,2-4,10H2,1H3,(H,12,13). The monoisotopic (exact) mass is 201 g/mol. The van der Waals surface area contributed by atoms with Crippen LogP contribution in [0.1, 0.15) is 26.2 Å². The molecule has 0 radical (unpaired) electrons. The van der Waals surface area contributed by atoms with E-state index in [1.165, 1.54) is 6.92 Å². The topological polar surface area (TPSA) is 89.6 Å². The summed E-state index contributed by atoms with van der Waals surface area (Å²) in [5, 5.41) is 8.76. The number of ether oxygens (including phenoxy) is 1.